The van der Waals surface area contributed by atoms with Gasteiger partial charge in [0.05, 0.1) is 0 Å². The van der Waals surface area contributed by atoms with Gasteiger partial charge in [0, 0.05) is 19.5 Å². The van der Waals surface area contributed by atoms with Gasteiger partial charge >= 0.3 is 0 Å². The molecule has 1 aliphatic heterocycles. The molecule has 0 aliphatic carbocycles. The molecule has 6 nitrogen and oxygen atoms in total. The summed E-state index contributed by atoms with van der Waals surface area (Å²) in [6, 6.07) is 7.66. The van der Waals surface area contributed by atoms with E-state index in [9.17, 15) is 4.79 Å². The number of aromatic nitrogens is 2. The Bertz CT molecular complexity index is 768. The minimum absolute atomic E-state index is 0.191. The number of nitrogens with two attached hydrogens (primary N) is 1. The van der Waals surface area contributed by atoms with Crippen LogP contribution in [-0.4, -0.2) is 28.8 Å². The molecule has 0 bridgehead atoms. The Balaban J connectivity index is 1.68. The number of hydrogen-bond donors (Lipinski definition) is 1. The minimum atomic E-state index is 0.191. The summed E-state index contributed by atoms with van der Waals surface area (Å²) in [6.45, 7) is 7.46. The molecule has 0 saturated carbocycles. The van der Waals surface area contributed by atoms with E-state index in [1.54, 1.807) is 6.92 Å². The lowest BCUT2D eigenvalue weighted by Gasteiger charge is -2.32. The van der Waals surface area contributed by atoms with E-state index in [2.05, 4.69) is 21.8 Å². The number of nitrogen functional groups attached to an aromatic ring is 1. The van der Waals surface area contributed by atoms with Gasteiger partial charge in [-0.15, -0.1) is 0 Å². The second-order valence-electron chi connectivity index (χ2n) is 7.08. The van der Waals surface area contributed by atoms with Crippen LogP contribution >= 0.6 is 0 Å². The fourth-order valence-corrected chi connectivity index (χ4v) is 3.29. The van der Waals surface area contributed by atoms with Crippen molar-refractivity contribution >= 4 is 17.3 Å². The van der Waals surface area contributed by atoms with E-state index in [0.29, 0.717) is 29.7 Å². The van der Waals surface area contributed by atoms with E-state index in [-0.39, 0.29) is 5.78 Å². The number of carbonyl (C=O) groups is 1. The average molecular weight is 367 g/mol. The third-order valence-corrected chi connectivity index (χ3v) is 5.05. The Labute approximate surface area is 160 Å². The third kappa shape index (κ3) is 4.96. The fraction of sp³-hybridized carbons (Fsp3) is 0.429. The number of ether oxygens (including phenoxy) is 1. The second kappa shape index (κ2) is 8.84. The van der Waals surface area contributed by atoms with Crippen LogP contribution in [0.15, 0.2) is 30.6 Å². The maximum atomic E-state index is 11.1. The van der Waals surface area contributed by atoms with Gasteiger partial charge in [-0.1, -0.05) is 25.5 Å². The molecule has 6 heteroatoms. The van der Waals surface area contributed by atoms with Crippen molar-refractivity contribution in [2.24, 2.45) is 5.92 Å². The standard InChI is InChI=1S/C21H27N4O2/c1-3-16-10-12-25(13-11-16)20-19(22)21(24-14-23-20)27-18-8-6-17(7-9-18)5-4-15(2)26/h6-9,14,16H,1,3-5,10-13,22H2,2H3. The lowest BCUT2D eigenvalue weighted by atomic mass is 9.94. The van der Waals surface area contributed by atoms with Crippen LogP contribution < -0.4 is 15.4 Å². The molecular formula is C21H27N4O2. The van der Waals surface area contributed by atoms with Crippen LogP contribution in [0.1, 0.15) is 38.2 Å². The quantitative estimate of drug-likeness (QED) is 0.801. The SMILES string of the molecule is [CH2]CC1CCN(c2ncnc(Oc3ccc(CCC(C)=O)cc3)c2N)CC1. The van der Waals surface area contributed by atoms with Gasteiger partial charge in [0.15, 0.2) is 5.82 Å². The van der Waals surface area contributed by atoms with E-state index in [1.807, 2.05) is 24.3 Å². The number of carbonyl (C=O) groups excluding carboxylic acids is 1. The average Bonchev–Trinajstić information content (AvgIpc) is 2.69. The second-order valence-corrected chi connectivity index (χ2v) is 7.08. The van der Waals surface area contributed by atoms with Gasteiger partial charge in [-0.3, -0.25) is 0 Å². The van der Waals surface area contributed by atoms with Gasteiger partial charge in [-0.2, -0.15) is 4.98 Å². The number of hydrogen-bond acceptors (Lipinski definition) is 6. The molecule has 3 rings (SSSR count). The zero-order chi connectivity index (χ0) is 19.2. The summed E-state index contributed by atoms with van der Waals surface area (Å²) < 4.78 is 5.88. The summed E-state index contributed by atoms with van der Waals surface area (Å²) >= 11 is 0. The highest BCUT2D eigenvalue weighted by Gasteiger charge is 2.22. The van der Waals surface area contributed by atoms with Gasteiger partial charge in [-0.05, 0) is 49.8 Å². The molecule has 2 heterocycles. The molecule has 143 valence electrons. The Hall–Kier alpha value is -2.63. The van der Waals surface area contributed by atoms with Gasteiger partial charge < -0.3 is 20.2 Å². The first kappa shape index (κ1) is 19.1. The van der Waals surface area contributed by atoms with Crippen molar-refractivity contribution in [3.05, 3.63) is 43.1 Å². The molecule has 1 saturated heterocycles. The molecule has 1 radical (unpaired) electrons. The predicted octanol–water partition coefficient (Wildman–Crippen LogP) is 3.81. The summed E-state index contributed by atoms with van der Waals surface area (Å²) in [6.07, 6.45) is 5.96. The molecule has 1 aliphatic rings. The van der Waals surface area contributed by atoms with Crippen molar-refractivity contribution in [1.82, 2.24) is 9.97 Å². The number of nitrogens with zero attached hydrogens (tertiary/aromatic N) is 3. The van der Waals surface area contributed by atoms with Crippen LogP contribution in [-0.2, 0) is 11.2 Å². The number of ketones is 1. The number of anilines is 2. The summed E-state index contributed by atoms with van der Waals surface area (Å²) in [5.41, 5.74) is 7.86. The van der Waals surface area contributed by atoms with Gasteiger partial charge in [0.25, 0.3) is 0 Å². The van der Waals surface area contributed by atoms with E-state index < -0.39 is 0 Å². The molecule has 2 aromatic rings. The maximum absolute atomic E-state index is 11.1. The van der Waals surface area contributed by atoms with Gasteiger partial charge in [0.1, 0.15) is 23.5 Å². The first-order valence-corrected chi connectivity index (χ1v) is 9.47. The van der Waals surface area contributed by atoms with Crippen molar-refractivity contribution in [2.75, 3.05) is 23.7 Å². The molecule has 27 heavy (non-hydrogen) atoms. The van der Waals surface area contributed by atoms with Crippen molar-refractivity contribution < 1.29 is 9.53 Å². The normalized spacial score (nSPS) is 15.0. The summed E-state index contributed by atoms with van der Waals surface area (Å²) in [5, 5.41) is 0. The maximum Gasteiger partial charge on any atom is 0.248 e. The first-order chi connectivity index (χ1) is 13.1. The molecule has 1 aromatic heterocycles. The number of aryl methyl sites for hydroxylation is 1. The van der Waals surface area contributed by atoms with Crippen molar-refractivity contribution in [3.8, 4) is 11.6 Å². The van der Waals surface area contributed by atoms with E-state index in [4.69, 9.17) is 10.5 Å². The number of rotatable bonds is 7. The predicted molar refractivity (Wildman–Crippen MR) is 107 cm³/mol. The first-order valence-electron chi connectivity index (χ1n) is 9.47. The van der Waals surface area contributed by atoms with Gasteiger partial charge in [-0.25, -0.2) is 4.98 Å². The Morgan fingerprint density at radius 2 is 1.96 bits per heavy atom. The van der Waals surface area contributed by atoms with Crippen molar-refractivity contribution in [1.29, 1.82) is 0 Å². The van der Waals surface area contributed by atoms with Crippen LogP contribution in [0.3, 0.4) is 0 Å². The van der Waals surface area contributed by atoms with Gasteiger partial charge in [0.2, 0.25) is 5.88 Å². The minimum Gasteiger partial charge on any atom is -0.437 e. The molecule has 0 unspecified atom stereocenters. The van der Waals surface area contributed by atoms with Crippen molar-refractivity contribution in [2.45, 2.75) is 39.0 Å². The van der Waals surface area contributed by atoms with E-state index >= 15 is 0 Å². The number of Topliss-reactive ketones (excluding diaryl/α,β-unsaturated/α-hetero) is 1. The summed E-state index contributed by atoms with van der Waals surface area (Å²) in [4.78, 5) is 21.9. The van der Waals surface area contributed by atoms with Crippen LogP contribution in [0.4, 0.5) is 11.5 Å². The molecular weight excluding hydrogens is 340 g/mol. The van der Waals surface area contributed by atoms with Crippen LogP contribution in [0, 0.1) is 12.8 Å². The highest BCUT2D eigenvalue weighted by Crippen LogP contribution is 2.33. The Kier molecular flexibility index (Phi) is 6.27. The zero-order valence-electron chi connectivity index (χ0n) is 15.9. The largest absolute Gasteiger partial charge is 0.437 e. The van der Waals surface area contributed by atoms with Crippen molar-refractivity contribution in [3.63, 3.8) is 0 Å². The van der Waals surface area contributed by atoms with E-state index in [0.717, 1.165) is 50.2 Å². The monoisotopic (exact) mass is 367 g/mol. The number of benzene rings is 1. The smallest absolute Gasteiger partial charge is 0.248 e. The summed E-state index contributed by atoms with van der Waals surface area (Å²) in [5.74, 6) is 2.64. The van der Waals surface area contributed by atoms with Crippen LogP contribution in [0.5, 0.6) is 11.6 Å². The fourth-order valence-electron chi connectivity index (χ4n) is 3.29. The molecule has 0 atom stereocenters. The topological polar surface area (TPSA) is 81.3 Å². The zero-order valence-corrected chi connectivity index (χ0v) is 15.9. The van der Waals surface area contributed by atoms with Crippen LogP contribution in [0.25, 0.3) is 0 Å². The Morgan fingerprint density at radius 3 is 2.59 bits per heavy atom. The summed E-state index contributed by atoms with van der Waals surface area (Å²) in [7, 11) is 0. The lowest BCUT2D eigenvalue weighted by molar-refractivity contribution is -0.116. The highest BCUT2D eigenvalue weighted by atomic mass is 16.5. The molecule has 2 N–H and O–H groups in total. The Morgan fingerprint density at radius 1 is 1.26 bits per heavy atom. The highest BCUT2D eigenvalue weighted by molar-refractivity contribution is 5.75. The lowest BCUT2D eigenvalue weighted by Crippen LogP contribution is -2.34. The van der Waals surface area contributed by atoms with E-state index in [1.165, 1.54) is 6.33 Å². The number of piperidine rings is 1. The molecule has 0 spiro atoms. The molecule has 1 fully saturated rings. The van der Waals surface area contributed by atoms with Crippen LogP contribution in [0.2, 0.25) is 0 Å². The third-order valence-electron chi connectivity index (χ3n) is 5.05. The molecule has 1 aromatic carbocycles. The molecule has 0 amide bonds.